The van der Waals surface area contributed by atoms with E-state index in [1.165, 1.54) is 12.8 Å². The van der Waals surface area contributed by atoms with Gasteiger partial charge in [0.1, 0.15) is 0 Å². The fourth-order valence-electron chi connectivity index (χ4n) is 0.295. The first kappa shape index (κ1) is 7.25. The van der Waals surface area contributed by atoms with Crippen molar-refractivity contribution >= 4 is 19.9 Å². The summed E-state index contributed by atoms with van der Waals surface area (Å²) in [6.07, 6.45) is 4.50. The van der Waals surface area contributed by atoms with Crippen molar-refractivity contribution in [2.45, 2.75) is 19.8 Å². The van der Waals surface area contributed by atoms with Gasteiger partial charge in [0.15, 0.2) is 0 Å². The molecule has 0 aromatic heterocycles. The number of hydrogen-bond donors (Lipinski definition) is 0. The highest BCUT2D eigenvalue weighted by Crippen LogP contribution is 1.86. The lowest BCUT2D eigenvalue weighted by atomic mass is 10.3. The molecule has 40 valence electrons. The summed E-state index contributed by atoms with van der Waals surface area (Å²) in [7, 11) is 0.459. The van der Waals surface area contributed by atoms with Crippen LogP contribution in [0, 0.1) is 0 Å². The van der Waals surface area contributed by atoms with Crippen LogP contribution in [0.2, 0.25) is 0 Å². The van der Waals surface area contributed by atoms with Gasteiger partial charge in [-0.05, 0) is 6.42 Å². The van der Waals surface area contributed by atoms with Gasteiger partial charge in [0.25, 0.3) is 0 Å². The van der Waals surface area contributed by atoms with Crippen LogP contribution in [0.3, 0.4) is 0 Å². The summed E-state index contributed by atoms with van der Waals surface area (Å²) in [6.45, 7) is 2.15. The molecule has 0 aromatic rings. The van der Waals surface area contributed by atoms with Gasteiger partial charge in [-0.15, -0.1) is 0 Å². The first-order chi connectivity index (χ1) is 3.41. The zero-order valence-electron chi connectivity index (χ0n) is 4.45. The largest absolute Gasteiger partial charge is 0.202 e. The molecule has 0 atom stereocenters. The normalized spacial score (nSPS) is 10.6. The van der Waals surface area contributed by atoms with Crippen molar-refractivity contribution in [2.75, 3.05) is 0 Å². The Hall–Kier alpha value is 0.247. The molecule has 0 heterocycles. The third-order valence-corrected chi connectivity index (χ3v) is 1.38. The number of rotatable bonds is 3. The second-order valence-corrected chi connectivity index (χ2v) is 2.51. The zero-order valence-corrected chi connectivity index (χ0v) is 6.20. The first-order valence-corrected chi connectivity index (χ1v) is 4.52. The van der Waals surface area contributed by atoms with Crippen LogP contribution in [0.15, 0.2) is 11.8 Å². The molecule has 0 unspecified atom stereocenters. The lowest BCUT2D eigenvalue weighted by molar-refractivity contribution is 0.960. The standard InChI is InChI=1S/C5H9ClSi/c1-2-3-4-5-7-6/h4-5H,2-3H2,1H3. The molecule has 0 rings (SSSR count). The molecule has 0 bridgehead atoms. The monoisotopic (exact) mass is 132 g/mol. The predicted molar refractivity (Wildman–Crippen MR) is 35.7 cm³/mol. The molecular formula is C5H9ClSi. The van der Waals surface area contributed by atoms with Gasteiger partial charge in [0.2, 0.25) is 8.83 Å². The van der Waals surface area contributed by atoms with Crippen molar-refractivity contribution in [1.82, 2.24) is 0 Å². The predicted octanol–water partition coefficient (Wildman–Crippen LogP) is 2.16. The second kappa shape index (κ2) is 6.25. The molecule has 0 fully saturated rings. The molecule has 7 heavy (non-hydrogen) atoms. The van der Waals surface area contributed by atoms with Crippen LogP contribution in [0.25, 0.3) is 0 Å². The minimum absolute atomic E-state index is 0.459. The van der Waals surface area contributed by atoms with Gasteiger partial charge in [-0.1, -0.05) is 25.1 Å². The van der Waals surface area contributed by atoms with Crippen LogP contribution in [-0.4, -0.2) is 8.83 Å². The molecule has 0 aliphatic rings. The topological polar surface area (TPSA) is 0 Å². The van der Waals surface area contributed by atoms with E-state index in [2.05, 4.69) is 13.0 Å². The van der Waals surface area contributed by atoms with E-state index in [9.17, 15) is 0 Å². The van der Waals surface area contributed by atoms with Gasteiger partial charge in [0.05, 0.1) is 0 Å². The zero-order chi connectivity index (χ0) is 5.54. The molecule has 0 saturated carbocycles. The molecule has 0 N–H and O–H groups in total. The quantitative estimate of drug-likeness (QED) is 0.408. The maximum Gasteiger partial charge on any atom is 0.202 e. The Balaban J connectivity index is 2.78. The Morgan fingerprint density at radius 3 is 2.86 bits per heavy atom. The van der Waals surface area contributed by atoms with Crippen LogP contribution < -0.4 is 0 Å². The number of unbranched alkanes of at least 4 members (excludes halogenated alkanes) is 1. The molecule has 0 saturated heterocycles. The van der Waals surface area contributed by atoms with Gasteiger partial charge in [-0.3, -0.25) is 0 Å². The van der Waals surface area contributed by atoms with E-state index >= 15 is 0 Å². The summed E-state index contributed by atoms with van der Waals surface area (Å²) < 4.78 is 0. The molecule has 0 spiro atoms. The number of allylic oxidation sites excluding steroid dienone is 1. The Labute approximate surface area is 52.1 Å². The average Bonchev–Trinajstić information content (AvgIpc) is 1.69. The lowest BCUT2D eigenvalue weighted by Crippen LogP contribution is -1.65. The maximum absolute atomic E-state index is 5.38. The fourth-order valence-corrected chi connectivity index (χ4v) is 0.818. The summed E-state index contributed by atoms with van der Waals surface area (Å²) in [5.41, 5.74) is 2.01. The molecule has 0 aliphatic heterocycles. The lowest BCUT2D eigenvalue weighted by Gasteiger charge is -1.78. The molecular weight excluding hydrogens is 124 g/mol. The molecule has 2 radical (unpaired) electrons. The van der Waals surface area contributed by atoms with Crippen molar-refractivity contribution in [2.24, 2.45) is 0 Å². The molecule has 0 nitrogen and oxygen atoms in total. The van der Waals surface area contributed by atoms with E-state index in [4.69, 9.17) is 11.1 Å². The highest BCUT2D eigenvalue weighted by atomic mass is 35.6. The maximum atomic E-state index is 5.38. The van der Waals surface area contributed by atoms with Gasteiger partial charge < -0.3 is 0 Å². The van der Waals surface area contributed by atoms with Gasteiger partial charge in [-0.2, -0.15) is 11.1 Å². The van der Waals surface area contributed by atoms with Gasteiger partial charge >= 0.3 is 0 Å². The van der Waals surface area contributed by atoms with Crippen molar-refractivity contribution in [3.63, 3.8) is 0 Å². The average molecular weight is 133 g/mol. The van der Waals surface area contributed by atoms with Gasteiger partial charge in [-0.25, -0.2) is 0 Å². The second-order valence-electron chi connectivity index (χ2n) is 1.30. The first-order valence-electron chi connectivity index (χ1n) is 2.43. The van der Waals surface area contributed by atoms with E-state index in [1.807, 2.05) is 5.70 Å². The van der Waals surface area contributed by atoms with Crippen LogP contribution in [0.5, 0.6) is 0 Å². The minimum atomic E-state index is 0.459. The number of hydrogen-bond acceptors (Lipinski definition) is 0. The summed E-state index contributed by atoms with van der Waals surface area (Å²) in [5.74, 6) is 0. The van der Waals surface area contributed by atoms with E-state index < -0.39 is 0 Å². The highest BCUT2D eigenvalue weighted by Gasteiger charge is 1.70. The van der Waals surface area contributed by atoms with Crippen LogP contribution in [0.4, 0.5) is 0 Å². The summed E-state index contributed by atoms with van der Waals surface area (Å²) in [5, 5.41) is 0. The smallest absolute Gasteiger partial charge is 0.165 e. The third-order valence-electron chi connectivity index (χ3n) is 0.636. The van der Waals surface area contributed by atoms with Gasteiger partial charge in [0, 0.05) is 0 Å². The van der Waals surface area contributed by atoms with E-state index in [1.54, 1.807) is 0 Å². The van der Waals surface area contributed by atoms with Crippen LogP contribution >= 0.6 is 11.1 Å². The Morgan fingerprint density at radius 1 is 1.71 bits per heavy atom. The van der Waals surface area contributed by atoms with Crippen molar-refractivity contribution < 1.29 is 0 Å². The Bertz CT molecular complexity index is 52.0. The van der Waals surface area contributed by atoms with E-state index in [0.29, 0.717) is 8.83 Å². The van der Waals surface area contributed by atoms with Crippen LogP contribution in [-0.2, 0) is 0 Å². The molecule has 0 aliphatic carbocycles. The van der Waals surface area contributed by atoms with Crippen molar-refractivity contribution in [3.8, 4) is 0 Å². The Morgan fingerprint density at radius 2 is 2.43 bits per heavy atom. The minimum Gasteiger partial charge on any atom is -0.165 e. The SMILES string of the molecule is CCCC=C[Si]Cl. The molecule has 2 heteroatoms. The third kappa shape index (κ3) is 6.25. The number of halogens is 1. The Kier molecular flexibility index (Phi) is 6.47. The van der Waals surface area contributed by atoms with Crippen molar-refractivity contribution in [1.29, 1.82) is 0 Å². The van der Waals surface area contributed by atoms with Crippen LogP contribution in [0.1, 0.15) is 19.8 Å². The fraction of sp³-hybridized carbons (Fsp3) is 0.600. The summed E-state index contributed by atoms with van der Waals surface area (Å²) in [4.78, 5) is 0. The van der Waals surface area contributed by atoms with E-state index in [0.717, 1.165) is 0 Å². The summed E-state index contributed by atoms with van der Waals surface area (Å²) in [6, 6.07) is 0. The van der Waals surface area contributed by atoms with E-state index in [-0.39, 0.29) is 0 Å². The summed E-state index contributed by atoms with van der Waals surface area (Å²) >= 11 is 5.38. The molecule has 0 aromatic carbocycles. The van der Waals surface area contributed by atoms with Crippen molar-refractivity contribution in [3.05, 3.63) is 11.8 Å². The molecule has 0 amide bonds. The highest BCUT2D eigenvalue weighted by molar-refractivity contribution is 6.96.